The van der Waals surface area contributed by atoms with Crippen molar-refractivity contribution in [3.63, 3.8) is 0 Å². The first-order valence-electron chi connectivity index (χ1n) is 13.8. The van der Waals surface area contributed by atoms with Crippen LogP contribution in [-0.4, -0.2) is 73.4 Å². The molecule has 11 heteroatoms. The number of nitrogens with one attached hydrogen (secondary N) is 1. The molecule has 208 valence electrons. The average molecular weight is 561 g/mol. The number of aromatic nitrogens is 4. The summed E-state index contributed by atoms with van der Waals surface area (Å²) in [6, 6.07) is 13.9. The van der Waals surface area contributed by atoms with E-state index < -0.39 is 9.73 Å². The third-order valence-corrected chi connectivity index (χ3v) is 8.85. The largest absolute Gasteiger partial charge is 0.366 e. The van der Waals surface area contributed by atoms with Crippen LogP contribution in [0.3, 0.4) is 0 Å². The van der Waals surface area contributed by atoms with Crippen molar-refractivity contribution in [1.82, 2.24) is 24.4 Å². The molecule has 2 unspecified atom stereocenters. The normalized spacial score (nSPS) is 21.2. The van der Waals surface area contributed by atoms with Crippen molar-refractivity contribution in [3.8, 4) is 5.82 Å². The Hall–Kier alpha value is -3.57. The molecule has 2 saturated heterocycles. The van der Waals surface area contributed by atoms with Crippen molar-refractivity contribution in [2.45, 2.75) is 43.7 Å². The predicted octanol–water partition coefficient (Wildman–Crippen LogP) is 5.22. The smallest absolute Gasteiger partial charge is 0.229 e. The van der Waals surface area contributed by atoms with Crippen LogP contribution in [0.4, 0.5) is 27.5 Å². The average Bonchev–Trinajstić information content (AvgIpc) is 3.65. The number of likely N-dealkylation sites (N-methyl/N-ethyl adjacent to an activating group) is 1. The number of rotatable bonds is 6. The van der Waals surface area contributed by atoms with Gasteiger partial charge < -0.3 is 10.2 Å². The summed E-state index contributed by atoms with van der Waals surface area (Å²) in [7, 11) is -0.167. The van der Waals surface area contributed by atoms with Crippen LogP contribution in [0, 0.1) is 5.82 Å². The van der Waals surface area contributed by atoms with E-state index in [1.165, 1.54) is 18.9 Å². The van der Waals surface area contributed by atoms with E-state index in [1.54, 1.807) is 24.8 Å². The minimum atomic E-state index is -2.35. The first kappa shape index (κ1) is 25.4. The van der Waals surface area contributed by atoms with Crippen LogP contribution in [0.15, 0.2) is 53.0 Å². The zero-order valence-corrected chi connectivity index (χ0v) is 23.7. The lowest BCUT2D eigenvalue weighted by Crippen LogP contribution is -2.52. The molecule has 3 aliphatic rings. The Bertz CT molecular complexity index is 1720. The second-order valence-electron chi connectivity index (χ2n) is 11.5. The van der Waals surface area contributed by atoms with Crippen LogP contribution in [0.5, 0.6) is 0 Å². The van der Waals surface area contributed by atoms with Gasteiger partial charge in [0.1, 0.15) is 11.6 Å². The Morgan fingerprint density at radius 2 is 1.80 bits per heavy atom. The lowest BCUT2D eigenvalue weighted by atomic mass is 10.1. The molecule has 0 amide bonds. The van der Waals surface area contributed by atoms with E-state index in [0.717, 1.165) is 37.0 Å². The Kier molecular flexibility index (Phi) is 6.04. The summed E-state index contributed by atoms with van der Waals surface area (Å²) in [6.45, 7) is 1.71. The van der Waals surface area contributed by atoms with Crippen molar-refractivity contribution >= 4 is 43.9 Å². The molecule has 2 bridgehead atoms. The number of anilines is 3. The molecule has 1 aromatic carbocycles. The second kappa shape index (κ2) is 9.52. The van der Waals surface area contributed by atoms with Gasteiger partial charge in [-0.05, 0) is 75.0 Å². The van der Waals surface area contributed by atoms with E-state index in [-0.39, 0.29) is 5.82 Å². The summed E-state index contributed by atoms with van der Waals surface area (Å²) in [6.07, 6.45) is 9.55. The monoisotopic (exact) mass is 560 g/mol. The van der Waals surface area contributed by atoms with Gasteiger partial charge in [-0.25, -0.2) is 18.6 Å². The minimum Gasteiger partial charge on any atom is -0.366 e. The molecule has 3 aromatic heterocycles. The molecule has 1 saturated carbocycles. The number of nitrogens with zero attached hydrogens (tertiary/aromatic N) is 7. The quantitative estimate of drug-likeness (QED) is 0.346. The Balaban J connectivity index is 1.20. The van der Waals surface area contributed by atoms with Gasteiger partial charge in [0.05, 0.1) is 5.69 Å². The van der Waals surface area contributed by atoms with E-state index in [0.29, 0.717) is 52.6 Å². The Morgan fingerprint density at radius 1 is 1.02 bits per heavy atom. The highest BCUT2D eigenvalue weighted by Gasteiger charge is 2.38. The third-order valence-electron chi connectivity index (χ3n) is 8.22. The summed E-state index contributed by atoms with van der Waals surface area (Å²) in [5.41, 5.74) is 3.08. The zero-order chi connectivity index (χ0) is 27.6. The molecule has 40 heavy (non-hydrogen) atoms. The van der Waals surface area contributed by atoms with Crippen molar-refractivity contribution < 1.29 is 8.60 Å². The standard InChI is InChI=1S/C29H33FN8OS/c1-36-21-10-11-22(36)17-37(16-21)24-12-9-20(14-23(24)30)32-29-31-15-19-13-25(18-7-8-18)38(28(19)34-29)27-6-4-5-26(33-27)35-40(2,3)39/h4-6,9,12-15,18,21-22H,7-8,10-11,16-17H2,1-3H3,(H,31,32,34). The molecule has 1 N–H and O–H groups in total. The molecule has 5 heterocycles. The molecule has 2 atom stereocenters. The van der Waals surface area contributed by atoms with Crippen molar-refractivity contribution in [2.24, 2.45) is 4.36 Å². The first-order chi connectivity index (χ1) is 19.2. The first-order valence-corrected chi connectivity index (χ1v) is 16.1. The number of piperazine rings is 1. The maximum Gasteiger partial charge on any atom is 0.229 e. The fraction of sp³-hybridized carbons (Fsp3) is 0.414. The summed E-state index contributed by atoms with van der Waals surface area (Å²) in [5.74, 6) is 1.66. The highest BCUT2D eigenvalue weighted by molar-refractivity contribution is 7.92. The van der Waals surface area contributed by atoms with Crippen LogP contribution in [-0.2, 0) is 9.73 Å². The van der Waals surface area contributed by atoms with Crippen LogP contribution in [0.2, 0.25) is 0 Å². The fourth-order valence-corrected chi connectivity index (χ4v) is 6.64. The van der Waals surface area contributed by atoms with Gasteiger partial charge in [0, 0.05) is 70.4 Å². The molecule has 9 nitrogen and oxygen atoms in total. The molecule has 1 aliphatic carbocycles. The van der Waals surface area contributed by atoms with Crippen molar-refractivity contribution in [1.29, 1.82) is 0 Å². The molecule has 7 rings (SSSR count). The van der Waals surface area contributed by atoms with E-state index in [2.05, 4.69) is 37.6 Å². The highest BCUT2D eigenvalue weighted by Crippen LogP contribution is 2.43. The molecular formula is C29H33FN8OS. The molecule has 3 fully saturated rings. The van der Waals surface area contributed by atoms with Gasteiger partial charge in [-0.2, -0.15) is 9.35 Å². The lowest BCUT2D eigenvalue weighted by molar-refractivity contribution is 0.212. The van der Waals surface area contributed by atoms with E-state index in [4.69, 9.17) is 9.97 Å². The number of pyridine rings is 1. The van der Waals surface area contributed by atoms with Crippen LogP contribution in [0.25, 0.3) is 16.9 Å². The lowest BCUT2D eigenvalue weighted by Gasteiger charge is -2.40. The maximum atomic E-state index is 15.3. The van der Waals surface area contributed by atoms with Gasteiger partial charge in [-0.15, -0.1) is 0 Å². The van der Waals surface area contributed by atoms with Gasteiger partial charge in [0.2, 0.25) is 5.95 Å². The number of hydrogen-bond acceptors (Lipinski definition) is 8. The summed E-state index contributed by atoms with van der Waals surface area (Å²) in [5, 5.41) is 4.10. The van der Waals surface area contributed by atoms with Crippen LogP contribution >= 0.6 is 0 Å². The third kappa shape index (κ3) is 4.81. The number of benzene rings is 1. The second-order valence-corrected chi connectivity index (χ2v) is 14.1. The highest BCUT2D eigenvalue weighted by atomic mass is 32.2. The molecule has 4 aromatic rings. The number of fused-ring (bicyclic) bond motifs is 3. The van der Waals surface area contributed by atoms with Crippen LogP contribution < -0.4 is 10.2 Å². The number of hydrogen-bond donors (Lipinski definition) is 1. The van der Waals surface area contributed by atoms with E-state index in [1.807, 2.05) is 28.8 Å². The van der Waals surface area contributed by atoms with Gasteiger partial charge in [0.15, 0.2) is 11.5 Å². The minimum absolute atomic E-state index is 0.248. The summed E-state index contributed by atoms with van der Waals surface area (Å²) >= 11 is 0. The SMILES string of the molecule is CN1C2CCC1CN(c1ccc(Nc3ncc4cc(C5CC5)n(-c5cccc(N=S(C)(C)=O)n5)c4n3)cc1F)C2. The van der Waals surface area contributed by atoms with Gasteiger partial charge >= 0.3 is 0 Å². The molecule has 0 spiro atoms. The van der Waals surface area contributed by atoms with Gasteiger partial charge in [-0.1, -0.05) is 6.07 Å². The van der Waals surface area contributed by atoms with E-state index >= 15 is 4.39 Å². The van der Waals surface area contributed by atoms with Crippen molar-refractivity contribution in [3.05, 3.63) is 60.2 Å². The molecule has 2 aliphatic heterocycles. The number of halogens is 1. The predicted molar refractivity (Wildman–Crippen MR) is 157 cm³/mol. The Labute approximate surface area is 233 Å². The molecular weight excluding hydrogens is 527 g/mol. The fourth-order valence-electron chi connectivity index (χ4n) is 6.08. The topological polar surface area (TPSA) is 91.5 Å². The molecule has 0 radical (unpaired) electrons. The van der Waals surface area contributed by atoms with E-state index in [9.17, 15) is 4.21 Å². The van der Waals surface area contributed by atoms with Crippen molar-refractivity contribution in [2.75, 3.05) is 42.9 Å². The summed E-state index contributed by atoms with van der Waals surface area (Å²) in [4.78, 5) is 18.7. The Morgan fingerprint density at radius 3 is 2.50 bits per heavy atom. The maximum absolute atomic E-state index is 15.3. The van der Waals surface area contributed by atoms with Gasteiger partial charge in [0.25, 0.3) is 0 Å². The summed E-state index contributed by atoms with van der Waals surface area (Å²) < 4.78 is 33.9. The van der Waals surface area contributed by atoms with Crippen LogP contribution in [0.1, 0.15) is 37.3 Å². The zero-order valence-electron chi connectivity index (χ0n) is 22.9. The van der Waals surface area contributed by atoms with Gasteiger partial charge in [-0.3, -0.25) is 9.47 Å².